The number of aliphatic hydroxyl groups excluding tert-OH is 1. The highest BCUT2D eigenvalue weighted by molar-refractivity contribution is 5.82. The molecule has 2 N–H and O–H groups in total. The number of rotatable bonds is 4. The van der Waals surface area contributed by atoms with Gasteiger partial charge in [0, 0.05) is 31.0 Å². The molecule has 0 aromatic heterocycles. The molecule has 0 radical (unpaired) electrons. The topological polar surface area (TPSA) is 69.6 Å². The lowest BCUT2D eigenvalue weighted by Gasteiger charge is -2.37. The van der Waals surface area contributed by atoms with E-state index < -0.39 is 0 Å². The van der Waals surface area contributed by atoms with Crippen molar-refractivity contribution in [3.8, 4) is 0 Å². The highest BCUT2D eigenvalue weighted by atomic mass is 16.3. The van der Waals surface area contributed by atoms with Crippen LogP contribution in [0.15, 0.2) is 0 Å². The Kier molecular flexibility index (Phi) is 3.71. The van der Waals surface area contributed by atoms with Gasteiger partial charge in [-0.15, -0.1) is 0 Å². The number of nitrogens with zero attached hydrogens (tertiary/aromatic N) is 1. The van der Waals surface area contributed by atoms with E-state index in [0.717, 1.165) is 19.3 Å². The van der Waals surface area contributed by atoms with Crippen molar-refractivity contribution in [1.29, 1.82) is 0 Å². The second-order valence-electron chi connectivity index (χ2n) is 6.67. The molecular formula is C15H24N2O3. The number of carbonyl (C=O) groups is 2. The zero-order valence-corrected chi connectivity index (χ0v) is 12.0. The van der Waals surface area contributed by atoms with Gasteiger partial charge in [-0.1, -0.05) is 6.92 Å². The molecule has 2 aliphatic heterocycles. The summed E-state index contributed by atoms with van der Waals surface area (Å²) in [5, 5.41) is 12.6. The molecule has 0 aromatic carbocycles. The maximum absolute atomic E-state index is 12.3. The summed E-state index contributed by atoms with van der Waals surface area (Å²) in [6.45, 7) is 2.52. The van der Waals surface area contributed by atoms with Crippen LogP contribution in [0.4, 0.5) is 0 Å². The lowest BCUT2D eigenvalue weighted by atomic mass is 9.99. The number of aliphatic hydroxyl groups is 1. The second-order valence-corrected chi connectivity index (χ2v) is 6.67. The Bertz CT molecular complexity index is 398. The third-order valence-corrected chi connectivity index (χ3v) is 5.08. The quantitative estimate of drug-likeness (QED) is 0.795. The van der Waals surface area contributed by atoms with Crippen LogP contribution >= 0.6 is 0 Å². The van der Waals surface area contributed by atoms with Crippen molar-refractivity contribution in [2.75, 3.05) is 6.54 Å². The van der Waals surface area contributed by atoms with E-state index in [1.54, 1.807) is 0 Å². The van der Waals surface area contributed by atoms with E-state index in [4.69, 9.17) is 0 Å². The standard InChI is InChI=1S/C15H24N2O3/c1-9-6-13(9)15(20)16-5-4-14(19)17-10-2-3-11(17)8-12(18)7-10/h9-13,18H,2-8H2,1H3,(H,16,20). The Morgan fingerprint density at radius 1 is 1.20 bits per heavy atom. The van der Waals surface area contributed by atoms with E-state index in [1.807, 2.05) is 4.90 Å². The van der Waals surface area contributed by atoms with Crippen LogP contribution < -0.4 is 5.32 Å². The summed E-state index contributed by atoms with van der Waals surface area (Å²) in [5.41, 5.74) is 0. The van der Waals surface area contributed by atoms with Crippen molar-refractivity contribution >= 4 is 11.8 Å². The number of carbonyl (C=O) groups excluding carboxylic acids is 2. The number of piperidine rings is 1. The lowest BCUT2D eigenvalue weighted by Crippen LogP contribution is -2.48. The Labute approximate surface area is 119 Å². The van der Waals surface area contributed by atoms with E-state index in [-0.39, 0.29) is 35.9 Å². The van der Waals surface area contributed by atoms with Crippen molar-refractivity contribution in [2.45, 2.75) is 63.6 Å². The van der Waals surface area contributed by atoms with Crippen LogP contribution in [0.25, 0.3) is 0 Å². The first kappa shape index (κ1) is 13.9. The molecule has 1 aliphatic carbocycles. The summed E-state index contributed by atoms with van der Waals surface area (Å²) < 4.78 is 0. The molecule has 0 aromatic rings. The smallest absolute Gasteiger partial charge is 0.224 e. The van der Waals surface area contributed by atoms with Crippen LogP contribution in [0, 0.1) is 11.8 Å². The summed E-state index contributed by atoms with van der Waals surface area (Å²) in [7, 11) is 0. The van der Waals surface area contributed by atoms with Crippen LogP contribution in [-0.2, 0) is 9.59 Å². The molecule has 4 atom stereocenters. The molecule has 3 fully saturated rings. The first-order valence-electron chi connectivity index (χ1n) is 7.83. The average molecular weight is 280 g/mol. The minimum Gasteiger partial charge on any atom is -0.393 e. The Morgan fingerprint density at radius 3 is 2.35 bits per heavy atom. The van der Waals surface area contributed by atoms with E-state index in [0.29, 0.717) is 31.7 Å². The van der Waals surface area contributed by atoms with E-state index in [1.165, 1.54) is 0 Å². The minimum absolute atomic E-state index is 0.0994. The molecular weight excluding hydrogens is 256 g/mol. The van der Waals surface area contributed by atoms with Crippen LogP contribution in [-0.4, -0.2) is 46.6 Å². The van der Waals surface area contributed by atoms with Gasteiger partial charge in [-0.05, 0) is 38.0 Å². The monoisotopic (exact) mass is 280 g/mol. The number of hydrogen-bond donors (Lipinski definition) is 2. The van der Waals surface area contributed by atoms with Gasteiger partial charge >= 0.3 is 0 Å². The van der Waals surface area contributed by atoms with Crippen molar-refractivity contribution < 1.29 is 14.7 Å². The van der Waals surface area contributed by atoms with Gasteiger partial charge in [-0.2, -0.15) is 0 Å². The molecule has 4 unspecified atom stereocenters. The molecule has 5 nitrogen and oxygen atoms in total. The Hall–Kier alpha value is -1.10. The van der Waals surface area contributed by atoms with Gasteiger partial charge in [0.25, 0.3) is 0 Å². The van der Waals surface area contributed by atoms with Gasteiger partial charge in [0.2, 0.25) is 11.8 Å². The molecule has 3 aliphatic rings. The fourth-order valence-electron chi connectivity index (χ4n) is 3.80. The molecule has 2 heterocycles. The first-order valence-corrected chi connectivity index (χ1v) is 7.83. The second kappa shape index (κ2) is 5.35. The summed E-state index contributed by atoms with van der Waals surface area (Å²) in [5.74, 6) is 0.910. The summed E-state index contributed by atoms with van der Waals surface area (Å²) >= 11 is 0. The number of fused-ring (bicyclic) bond motifs is 2. The summed E-state index contributed by atoms with van der Waals surface area (Å²) in [6, 6.07) is 0.436. The third kappa shape index (κ3) is 2.68. The van der Waals surface area contributed by atoms with E-state index in [9.17, 15) is 14.7 Å². The summed E-state index contributed by atoms with van der Waals surface area (Å²) in [6.07, 6.45) is 4.58. The molecule has 2 amide bonds. The van der Waals surface area contributed by atoms with E-state index >= 15 is 0 Å². The highest BCUT2D eigenvalue weighted by Crippen LogP contribution is 2.38. The predicted molar refractivity (Wildman–Crippen MR) is 73.8 cm³/mol. The van der Waals surface area contributed by atoms with Crippen molar-refractivity contribution in [2.24, 2.45) is 11.8 Å². The summed E-state index contributed by atoms with van der Waals surface area (Å²) in [4.78, 5) is 25.9. The number of hydrogen-bond acceptors (Lipinski definition) is 3. The van der Waals surface area contributed by atoms with Gasteiger partial charge in [0.05, 0.1) is 6.10 Å². The first-order chi connectivity index (χ1) is 9.56. The Balaban J connectivity index is 1.44. The average Bonchev–Trinajstić information content (AvgIpc) is 3.05. The molecule has 0 spiro atoms. The third-order valence-electron chi connectivity index (χ3n) is 5.08. The van der Waals surface area contributed by atoms with Gasteiger partial charge in [0.1, 0.15) is 0 Å². The fourth-order valence-corrected chi connectivity index (χ4v) is 3.80. The molecule has 112 valence electrons. The van der Waals surface area contributed by atoms with Crippen molar-refractivity contribution in [3.05, 3.63) is 0 Å². The normalized spacial score (nSPS) is 38.7. The zero-order valence-electron chi connectivity index (χ0n) is 12.0. The zero-order chi connectivity index (χ0) is 14.3. The molecule has 3 rings (SSSR count). The maximum atomic E-state index is 12.3. The number of nitrogens with one attached hydrogen (secondary N) is 1. The maximum Gasteiger partial charge on any atom is 0.224 e. The molecule has 2 bridgehead atoms. The molecule has 5 heteroatoms. The largest absolute Gasteiger partial charge is 0.393 e. The van der Waals surface area contributed by atoms with Gasteiger partial charge in [0.15, 0.2) is 0 Å². The number of amides is 2. The molecule has 1 saturated carbocycles. The van der Waals surface area contributed by atoms with Crippen molar-refractivity contribution in [3.63, 3.8) is 0 Å². The van der Waals surface area contributed by atoms with Gasteiger partial charge < -0.3 is 15.3 Å². The molecule has 2 saturated heterocycles. The van der Waals surface area contributed by atoms with Crippen LogP contribution in [0.2, 0.25) is 0 Å². The minimum atomic E-state index is -0.243. The fraction of sp³-hybridized carbons (Fsp3) is 0.867. The van der Waals surface area contributed by atoms with Crippen LogP contribution in [0.3, 0.4) is 0 Å². The predicted octanol–water partition coefficient (Wildman–Crippen LogP) is 0.663. The lowest BCUT2D eigenvalue weighted by molar-refractivity contribution is -0.137. The van der Waals surface area contributed by atoms with Crippen molar-refractivity contribution in [1.82, 2.24) is 10.2 Å². The van der Waals surface area contributed by atoms with Gasteiger partial charge in [-0.3, -0.25) is 9.59 Å². The van der Waals surface area contributed by atoms with Crippen LogP contribution in [0.1, 0.15) is 45.4 Å². The van der Waals surface area contributed by atoms with Gasteiger partial charge in [-0.25, -0.2) is 0 Å². The highest BCUT2D eigenvalue weighted by Gasteiger charge is 2.42. The molecule has 20 heavy (non-hydrogen) atoms. The SMILES string of the molecule is CC1CC1C(=O)NCCC(=O)N1C2CCC1CC(O)C2. The van der Waals surface area contributed by atoms with E-state index in [2.05, 4.69) is 12.2 Å². The van der Waals surface area contributed by atoms with Crippen LogP contribution in [0.5, 0.6) is 0 Å². The Morgan fingerprint density at radius 2 is 1.80 bits per heavy atom.